The van der Waals surface area contributed by atoms with Gasteiger partial charge in [0.25, 0.3) is 0 Å². The highest BCUT2D eigenvalue weighted by Crippen LogP contribution is 2.06. The van der Waals surface area contributed by atoms with Crippen LogP contribution in [0.3, 0.4) is 0 Å². The molecule has 1 aromatic rings. The van der Waals surface area contributed by atoms with Gasteiger partial charge in [0.1, 0.15) is 0 Å². The van der Waals surface area contributed by atoms with Crippen molar-refractivity contribution in [3.63, 3.8) is 0 Å². The Balaban J connectivity index is 2.30. The summed E-state index contributed by atoms with van der Waals surface area (Å²) in [7, 11) is 0. The van der Waals surface area contributed by atoms with E-state index in [-0.39, 0.29) is 24.3 Å². The minimum atomic E-state index is -0.162. The van der Waals surface area contributed by atoms with Crippen LogP contribution in [-0.4, -0.2) is 18.4 Å². The Morgan fingerprint density at radius 2 is 1.65 bits per heavy atom. The summed E-state index contributed by atoms with van der Waals surface area (Å²) in [5, 5.41) is 5.47. The van der Waals surface area contributed by atoms with Crippen LogP contribution < -0.4 is 10.6 Å². The zero-order chi connectivity index (χ0) is 15.0. The van der Waals surface area contributed by atoms with Crippen LogP contribution in [0.15, 0.2) is 24.3 Å². The monoisotopic (exact) mass is 276 g/mol. The summed E-state index contributed by atoms with van der Waals surface area (Å²) in [5.74, 6) is -0.203. The SMILES string of the molecule is CCC(CC)C(=O)NCC(=O)NCc1ccc(C)cc1. The third-order valence-corrected chi connectivity index (χ3v) is 3.39. The summed E-state index contributed by atoms with van der Waals surface area (Å²) in [6.45, 7) is 6.51. The van der Waals surface area contributed by atoms with Gasteiger partial charge in [-0.3, -0.25) is 9.59 Å². The first-order valence-electron chi connectivity index (χ1n) is 7.16. The summed E-state index contributed by atoms with van der Waals surface area (Å²) in [4.78, 5) is 23.4. The predicted octanol–water partition coefficient (Wildman–Crippen LogP) is 2.16. The van der Waals surface area contributed by atoms with Crippen LogP contribution in [0.2, 0.25) is 0 Å². The van der Waals surface area contributed by atoms with Crippen molar-refractivity contribution in [3.05, 3.63) is 35.4 Å². The van der Waals surface area contributed by atoms with Gasteiger partial charge in [0.15, 0.2) is 0 Å². The first-order chi connectivity index (χ1) is 9.56. The minimum Gasteiger partial charge on any atom is -0.350 e. The van der Waals surface area contributed by atoms with Crippen molar-refractivity contribution in [1.29, 1.82) is 0 Å². The van der Waals surface area contributed by atoms with E-state index in [4.69, 9.17) is 0 Å². The van der Waals surface area contributed by atoms with Crippen molar-refractivity contribution >= 4 is 11.8 Å². The van der Waals surface area contributed by atoms with Crippen LogP contribution in [0.1, 0.15) is 37.8 Å². The van der Waals surface area contributed by atoms with Crippen LogP contribution in [0, 0.1) is 12.8 Å². The summed E-state index contributed by atoms with van der Waals surface area (Å²) in [6.07, 6.45) is 1.60. The van der Waals surface area contributed by atoms with Crippen molar-refractivity contribution in [1.82, 2.24) is 10.6 Å². The van der Waals surface area contributed by atoms with Gasteiger partial charge in [-0.1, -0.05) is 43.7 Å². The molecule has 2 amide bonds. The maximum absolute atomic E-state index is 11.7. The van der Waals surface area contributed by atoms with Gasteiger partial charge in [-0.25, -0.2) is 0 Å². The van der Waals surface area contributed by atoms with Gasteiger partial charge >= 0.3 is 0 Å². The van der Waals surface area contributed by atoms with E-state index in [0.29, 0.717) is 6.54 Å². The number of nitrogens with one attached hydrogen (secondary N) is 2. The molecule has 20 heavy (non-hydrogen) atoms. The van der Waals surface area contributed by atoms with E-state index >= 15 is 0 Å². The lowest BCUT2D eigenvalue weighted by atomic mass is 10.0. The Morgan fingerprint density at radius 3 is 2.20 bits per heavy atom. The van der Waals surface area contributed by atoms with Gasteiger partial charge in [-0.15, -0.1) is 0 Å². The zero-order valence-electron chi connectivity index (χ0n) is 12.5. The zero-order valence-corrected chi connectivity index (χ0v) is 12.5. The topological polar surface area (TPSA) is 58.2 Å². The van der Waals surface area contributed by atoms with E-state index in [0.717, 1.165) is 18.4 Å². The fourth-order valence-corrected chi connectivity index (χ4v) is 1.94. The standard InChI is InChI=1S/C16H24N2O2/c1-4-14(5-2)16(20)18-11-15(19)17-10-13-8-6-12(3)7-9-13/h6-9,14H,4-5,10-11H2,1-3H3,(H,17,19)(H,18,20). The van der Waals surface area contributed by atoms with Gasteiger partial charge in [-0.2, -0.15) is 0 Å². The van der Waals surface area contributed by atoms with E-state index < -0.39 is 0 Å². The lowest BCUT2D eigenvalue weighted by Crippen LogP contribution is -2.39. The first kappa shape index (κ1) is 16.2. The molecule has 1 aromatic carbocycles. The molecule has 0 aromatic heterocycles. The molecule has 4 nitrogen and oxygen atoms in total. The molecule has 2 N–H and O–H groups in total. The number of hydrogen-bond acceptors (Lipinski definition) is 2. The summed E-state index contributed by atoms with van der Waals surface area (Å²) < 4.78 is 0. The van der Waals surface area contributed by atoms with Crippen LogP contribution in [-0.2, 0) is 16.1 Å². The molecule has 0 radical (unpaired) electrons. The molecule has 0 spiro atoms. The third-order valence-electron chi connectivity index (χ3n) is 3.39. The molecule has 0 fully saturated rings. The molecule has 4 heteroatoms. The van der Waals surface area contributed by atoms with Crippen LogP contribution in [0.25, 0.3) is 0 Å². The Hall–Kier alpha value is -1.84. The van der Waals surface area contributed by atoms with Gasteiger partial charge in [-0.05, 0) is 25.3 Å². The molecule has 0 unspecified atom stereocenters. The third kappa shape index (κ3) is 5.43. The molecule has 0 bridgehead atoms. The number of amides is 2. The van der Waals surface area contributed by atoms with E-state index in [2.05, 4.69) is 10.6 Å². The lowest BCUT2D eigenvalue weighted by molar-refractivity contribution is -0.128. The molecular weight excluding hydrogens is 252 g/mol. The predicted molar refractivity (Wildman–Crippen MR) is 80.1 cm³/mol. The van der Waals surface area contributed by atoms with Crippen molar-refractivity contribution < 1.29 is 9.59 Å². The molecule has 0 aliphatic rings. The smallest absolute Gasteiger partial charge is 0.239 e. The maximum Gasteiger partial charge on any atom is 0.239 e. The number of rotatable bonds is 7. The van der Waals surface area contributed by atoms with E-state index in [1.54, 1.807) is 0 Å². The van der Waals surface area contributed by atoms with Crippen LogP contribution in [0.5, 0.6) is 0 Å². The van der Waals surface area contributed by atoms with E-state index in [1.165, 1.54) is 5.56 Å². The molecule has 0 atom stereocenters. The molecule has 0 heterocycles. The molecule has 1 rings (SSSR count). The van der Waals surface area contributed by atoms with Gasteiger partial charge in [0.05, 0.1) is 6.54 Å². The van der Waals surface area contributed by atoms with Crippen molar-refractivity contribution in [3.8, 4) is 0 Å². The second kappa shape index (κ2) is 8.35. The highest BCUT2D eigenvalue weighted by molar-refractivity contribution is 5.85. The normalized spacial score (nSPS) is 10.4. The number of carbonyl (C=O) groups excluding carboxylic acids is 2. The number of benzene rings is 1. The van der Waals surface area contributed by atoms with E-state index in [9.17, 15) is 9.59 Å². The van der Waals surface area contributed by atoms with Crippen molar-refractivity contribution in [2.75, 3.05) is 6.54 Å². The highest BCUT2D eigenvalue weighted by Gasteiger charge is 2.14. The quantitative estimate of drug-likeness (QED) is 0.802. The molecule has 0 saturated heterocycles. The Bertz CT molecular complexity index is 436. The molecule has 110 valence electrons. The van der Waals surface area contributed by atoms with Crippen molar-refractivity contribution in [2.45, 2.75) is 40.2 Å². The minimum absolute atomic E-state index is 0.0000939. The Kier molecular flexibility index (Phi) is 6.77. The number of aryl methyl sites for hydroxylation is 1. The van der Waals surface area contributed by atoms with Gasteiger partial charge in [0.2, 0.25) is 11.8 Å². The van der Waals surface area contributed by atoms with Crippen LogP contribution >= 0.6 is 0 Å². The molecule has 0 saturated carbocycles. The van der Waals surface area contributed by atoms with Crippen LogP contribution in [0.4, 0.5) is 0 Å². The molecule has 0 aliphatic heterocycles. The second-order valence-electron chi connectivity index (χ2n) is 4.99. The fourth-order valence-electron chi connectivity index (χ4n) is 1.94. The summed E-state index contributed by atoms with van der Waals surface area (Å²) >= 11 is 0. The Labute approximate surface area is 121 Å². The average Bonchev–Trinajstić information content (AvgIpc) is 2.45. The van der Waals surface area contributed by atoms with E-state index in [1.807, 2.05) is 45.0 Å². The van der Waals surface area contributed by atoms with Gasteiger partial charge in [0, 0.05) is 12.5 Å². The summed E-state index contributed by atoms with van der Waals surface area (Å²) in [5.41, 5.74) is 2.24. The fraction of sp³-hybridized carbons (Fsp3) is 0.500. The highest BCUT2D eigenvalue weighted by atomic mass is 16.2. The lowest BCUT2D eigenvalue weighted by Gasteiger charge is -2.12. The first-order valence-corrected chi connectivity index (χ1v) is 7.16. The average molecular weight is 276 g/mol. The largest absolute Gasteiger partial charge is 0.350 e. The Morgan fingerprint density at radius 1 is 1.05 bits per heavy atom. The van der Waals surface area contributed by atoms with Gasteiger partial charge < -0.3 is 10.6 Å². The summed E-state index contributed by atoms with van der Waals surface area (Å²) in [6, 6.07) is 7.99. The number of hydrogen-bond donors (Lipinski definition) is 2. The maximum atomic E-state index is 11.7. The molecular formula is C16H24N2O2. The second-order valence-corrected chi connectivity index (χ2v) is 4.99. The van der Waals surface area contributed by atoms with Crippen molar-refractivity contribution in [2.24, 2.45) is 5.92 Å². The molecule has 0 aliphatic carbocycles. The number of carbonyl (C=O) groups is 2.